The number of hydrogen-bond donors (Lipinski definition) is 2. The summed E-state index contributed by atoms with van der Waals surface area (Å²) in [5.74, 6) is -2.46. The first kappa shape index (κ1) is 20.0. The van der Waals surface area contributed by atoms with Crippen LogP contribution in [0, 0.1) is 0 Å². The van der Waals surface area contributed by atoms with E-state index in [1.807, 2.05) is 0 Å². The normalized spacial score (nSPS) is 45.9. The van der Waals surface area contributed by atoms with E-state index in [9.17, 15) is 10.2 Å². The summed E-state index contributed by atoms with van der Waals surface area (Å²) in [7, 11) is 2.97. The Hall–Kier alpha value is -0.320. The van der Waals surface area contributed by atoms with Crippen LogP contribution in [0.25, 0.3) is 0 Å². The van der Waals surface area contributed by atoms with E-state index in [0.717, 1.165) is 12.8 Å². The van der Waals surface area contributed by atoms with Gasteiger partial charge in [-0.25, -0.2) is 0 Å². The highest BCUT2D eigenvalue weighted by Crippen LogP contribution is 2.43. The highest BCUT2D eigenvalue weighted by atomic mass is 16.8. The Balaban J connectivity index is 2.25. The van der Waals surface area contributed by atoms with Crippen LogP contribution in [-0.4, -0.2) is 79.9 Å². The van der Waals surface area contributed by atoms with Crippen LogP contribution < -0.4 is 0 Å². The standard InChI is InChI=1S/C16H30O8/c1-6-7-8-21-14-13-12(11(18)10(9-17)22-14)23-15(2,19-4)16(3,20-5)24-13/h10-14,17-18H,6-9H2,1-5H3/t10-,11-,12+,13-,14-,15-,16-/m1/s1. The summed E-state index contributed by atoms with van der Waals surface area (Å²) in [5.41, 5.74) is 0. The van der Waals surface area contributed by atoms with Gasteiger partial charge in [0.2, 0.25) is 11.6 Å². The number of fused-ring (bicyclic) bond motifs is 1. The maximum absolute atomic E-state index is 10.5. The highest BCUT2D eigenvalue weighted by molar-refractivity contribution is 4.99. The molecule has 8 heteroatoms. The van der Waals surface area contributed by atoms with E-state index in [2.05, 4.69) is 6.92 Å². The Bertz CT molecular complexity index is 408. The molecule has 24 heavy (non-hydrogen) atoms. The SMILES string of the molecule is CCCCO[C@@H]1O[C@H](CO)[C@@H](O)[C@@H]2O[C@@](C)(OC)[C@](C)(OC)O[C@@H]12. The van der Waals surface area contributed by atoms with E-state index < -0.39 is 42.3 Å². The number of ether oxygens (including phenoxy) is 6. The fourth-order valence-electron chi connectivity index (χ4n) is 2.98. The molecular formula is C16H30O8. The second-order valence-electron chi connectivity index (χ2n) is 6.41. The van der Waals surface area contributed by atoms with E-state index in [0.29, 0.717) is 6.61 Å². The van der Waals surface area contributed by atoms with Crippen molar-refractivity contribution in [3.8, 4) is 0 Å². The van der Waals surface area contributed by atoms with Crippen LogP contribution in [0.2, 0.25) is 0 Å². The number of rotatable bonds is 7. The van der Waals surface area contributed by atoms with Gasteiger partial charge in [-0.05, 0) is 20.3 Å². The van der Waals surface area contributed by atoms with Gasteiger partial charge in [0.15, 0.2) is 6.29 Å². The van der Waals surface area contributed by atoms with Crippen molar-refractivity contribution in [2.24, 2.45) is 0 Å². The quantitative estimate of drug-likeness (QED) is 0.637. The molecule has 0 radical (unpaired) electrons. The zero-order valence-electron chi connectivity index (χ0n) is 15.1. The summed E-state index contributed by atoms with van der Waals surface area (Å²) in [4.78, 5) is 0. The van der Waals surface area contributed by atoms with Crippen molar-refractivity contribution in [2.45, 2.75) is 75.9 Å². The van der Waals surface area contributed by atoms with Crippen LogP contribution in [0.4, 0.5) is 0 Å². The molecule has 8 nitrogen and oxygen atoms in total. The molecule has 2 heterocycles. The van der Waals surface area contributed by atoms with Crippen molar-refractivity contribution in [3.63, 3.8) is 0 Å². The summed E-state index contributed by atoms with van der Waals surface area (Å²) >= 11 is 0. The third kappa shape index (κ3) is 3.47. The molecule has 0 bridgehead atoms. The molecular weight excluding hydrogens is 320 g/mol. The second kappa shape index (κ2) is 7.92. The predicted molar refractivity (Wildman–Crippen MR) is 83.2 cm³/mol. The zero-order chi connectivity index (χ0) is 18.0. The predicted octanol–water partition coefficient (Wildman–Crippen LogP) is 0.390. The molecule has 0 aliphatic carbocycles. The Labute approximate surface area is 142 Å². The van der Waals surface area contributed by atoms with Gasteiger partial charge in [0.25, 0.3) is 0 Å². The van der Waals surface area contributed by atoms with Gasteiger partial charge in [0.1, 0.15) is 24.4 Å². The number of hydrogen-bond acceptors (Lipinski definition) is 8. The molecule has 0 amide bonds. The van der Waals surface area contributed by atoms with Crippen LogP contribution in [-0.2, 0) is 28.4 Å². The summed E-state index contributed by atoms with van der Waals surface area (Å²) in [6.45, 7) is 5.55. The van der Waals surface area contributed by atoms with Crippen LogP contribution in [0.3, 0.4) is 0 Å². The average Bonchev–Trinajstić information content (AvgIpc) is 2.59. The summed E-state index contributed by atoms with van der Waals surface area (Å²) in [6, 6.07) is 0. The molecule has 7 atom stereocenters. The molecule has 0 spiro atoms. The fourth-order valence-corrected chi connectivity index (χ4v) is 2.98. The third-order valence-corrected chi connectivity index (χ3v) is 4.90. The summed E-state index contributed by atoms with van der Waals surface area (Å²) in [5, 5.41) is 20.0. The maximum Gasteiger partial charge on any atom is 0.220 e. The van der Waals surface area contributed by atoms with E-state index in [1.165, 1.54) is 14.2 Å². The zero-order valence-corrected chi connectivity index (χ0v) is 15.1. The first-order valence-corrected chi connectivity index (χ1v) is 8.37. The molecule has 0 aromatic carbocycles. The Morgan fingerprint density at radius 2 is 1.62 bits per heavy atom. The van der Waals surface area contributed by atoms with Crippen LogP contribution >= 0.6 is 0 Å². The third-order valence-electron chi connectivity index (χ3n) is 4.90. The molecule has 2 fully saturated rings. The van der Waals surface area contributed by atoms with E-state index in [1.54, 1.807) is 13.8 Å². The van der Waals surface area contributed by atoms with Gasteiger partial charge in [0.05, 0.1) is 6.61 Å². The first-order chi connectivity index (χ1) is 11.4. The average molecular weight is 350 g/mol. The minimum atomic E-state index is -1.24. The van der Waals surface area contributed by atoms with E-state index in [4.69, 9.17) is 28.4 Å². The van der Waals surface area contributed by atoms with Gasteiger partial charge in [0, 0.05) is 20.8 Å². The summed E-state index contributed by atoms with van der Waals surface area (Å²) in [6.07, 6.45) is -2.35. The molecule has 0 saturated carbocycles. The lowest BCUT2D eigenvalue weighted by molar-refractivity contribution is -0.484. The Morgan fingerprint density at radius 3 is 2.12 bits per heavy atom. The molecule has 2 rings (SSSR count). The van der Waals surface area contributed by atoms with Crippen molar-refractivity contribution >= 4 is 0 Å². The lowest BCUT2D eigenvalue weighted by atomic mass is 9.94. The van der Waals surface area contributed by atoms with Crippen molar-refractivity contribution in [1.82, 2.24) is 0 Å². The van der Waals surface area contributed by atoms with Crippen LogP contribution in [0.1, 0.15) is 33.6 Å². The molecule has 0 aromatic rings. The molecule has 0 aromatic heterocycles. The lowest BCUT2D eigenvalue weighted by Crippen LogP contribution is -2.73. The highest BCUT2D eigenvalue weighted by Gasteiger charge is 2.62. The van der Waals surface area contributed by atoms with Gasteiger partial charge in [-0.15, -0.1) is 0 Å². The van der Waals surface area contributed by atoms with Crippen LogP contribution in [0.5, 0.6) is 0 Å². The van der Waals surface area contributed by atoms with Crippen molar-refractivity contribution < 1.29 is 38.6 Å². The largest absolute Gasteiger partial charge is 0.394 e. The Kier molecular flexibility index (Phi) is 6.60. The number of methoxy groups -OCH3 is 2. The molecule has 2 N–H and O–H groups in total. The number of aliphatic hydroxyl groups is 2. The van der Waals surface area contributed by atoms with Gasteiger partial charge < -0.3 is 38.6 Å². The molecule has 2 saturated heterocycles. The molecule has 0 unspecified atom stereocenters. The van der Waals surface area contributed by atoms with Gasteiger partial charge in [-0.2, -0.15) is 0 Å². The molecule has 2 aliphatic heterocycles. The summed E-state index contributed by atoms with van der Waals surface area (Å²) < 4.78 is 34.5. The minimum absolute atomic E-state index is 0.355. The van der Waals surface area contributed by atoms with Gasteiger partial charge >= 0.3 is 0 Å². The van der Waals surface area contributed by atoms with Gasteiger partial charge in [-0.3, -0.25) is 0 Å². The van der Waals surface area contributed by atoms with Crippen molar-refractivity contribution in [3.05, 3.63) is 0 Å². The fraction of sp³-hybridized carbons (Fsp3) is 1.00. The number of aliphatic hydroxyl groups excluding tert-OH is 2. The van der Waals surface area contributed by atoms with E-state index in [-0.39, 0.29) is 6.61 Å². The van der Waals surface area contributed by atoms with E-state index >= 15 is 0 Å². The monoisotopic (exact) mass is 350 g/mol. The second-order valence-corrected chi connectivity index (χ2v) is 6.41. The minimum Gasteiger partial charge on any atom is -0.394 e. The molecule has 2 aliphatic rings. The van der Waals surface area contributed by atoms with Crippen molar-refractivity contribution in [2.75, 3.05) is 27.4 Å². The lowest BCUT2D eigenvalue weighted by Gasteiger charge is -2.56. The van der Waals surface area contributed by atoms with Crippen molar-refractivity contribution in [1.29, 1.82) is 0 Å². The maximum atomic E-state index is 10.5. The van der Waals surface area contributed by atoms with Crippen LogP contribution in [0.15, 0.2) is 0 Å². The Morgan fingerprint density at radius 1 is 1.04 bits per heavy atom. The first-order valence-electron chi connectivity index (χ1n) is 8.37. The van der Waals surface area contributed by atoms with Gasteiger partial charge in [-0.1, -0.05) is 13.3 Å². The smallest absolute Gasteiger partial charge is 0.220 e. The number of unbranched alkanes of at least 4 members (excludes halogenated alkanes) is 1. The molecule has 142 valence electrons. The topological polar surface area (TPSA) is 95.8 Å².